The van der Waals surface area contributed by atoms with Crippen LogP contribution >= 0.6 is 34.7 Å². The molecule has 1 unspecified atom stereocenters. The number of nitrogens with zero attached hydrogens (tertiary/aromatic N) is 2. The zero-order valence-corrected chi connectivity index (χ0v) is 15.3. The number of benzene rings is 1. The molecule has 2 aromatic rings. The molecule has 1 atom stereocenters. The van der Waals surface area contributed by atoms with Crippen LogP contribution in [0.4, 0.5) is 18.3 Å². The second-order valence-corrected chi connectivity index (χ2v) is 7.61. The average molecular weight is 411 g/mol. The van der Waals surface area contributed by atoms with E-state index >= 15 is 0 Å². The van der Waals surface area contributed by atoms with Crippen molar-refractivity contribution in [3.63, 3.8) is 0 Å². The van der Waals surface area contributed by atoms with Crippen molar-refractivity contribution in [3.8, 4) is 0 Å². The number of rotatable bonds is 7. The van der Waals surface area contributed by atoms with E-state index in [1.54, 1.807) is 12.1 Å². The Morgan fingerprint density at radius 1 is 1.32 bits per heavy atom. The fourth-order valence-corrected chi connectivity index (χ4v) is 3.45. The Morgan fingerprint density at radius 2 is 2.00 bits per heavy atom. The minimum atomic E-state index is -4.32. The van der Waals surface area contributed by atoms with Gasteiger partial charge in [-0.25, -0.2) is 0 Å². The van der Waals surface area contributed by atoms with E-state index in [2.05, 4.69) is 20.8 Å². The summed E-state index contributed by atoms with van der Waals surface area (Å²) in [7, 11) is 0. The highest BCUT2D eigenvalue weighted by Gasteiger charge is 2.27. The number of thioether (sulfide) groups is 1. The Morgan fingerprint density at radius 3 is 2.64 bits per heavy atom. The third kappa shape index (κ3) is 7.09. The van der Waals surface area contributed by atoms with Gasteiger partial charge in [0.25, 0.3) is 0 Å². The van der Waals surface area contributed by atoms with Crippen molar-refractivity contribution in [3.05, 3.63) is 34.9 Å². The molecule has 5 nitrogen and oxygen atoms in total. The van der Waals surface area contributed by atoms with Crippen LogP contribution in [0.25, 0.3) is 0 Å². The normalized spacial score (nSPS) is 12.7. The van der Waals surface area contributed by atoms with Crippen LogP contribution in [0.5, 0.6) is 0 Å². The first-order chi connectivity index (χ1) is 11.7. The second-order valence-electron chi connectivity index (χ2n) is 4.97. The first kappa shape index (κ1) is 19.8. The van der Waals surface area contributed by atoms with Crippen molar-refractivity contribution in [1.29, 1.82) is 0 Å². The van der Waals surface area contributed by atoms with E-state index in [0.29, 0.717) is 9.36 Å². The van der Waals surface area contributed by atoms with Gasteiger partial charge in [0, 0.05) is 5.02 Å². The molecular formula is C14H14ClF3N4OS2. The van der Waals surface area contributed by atoms with Crippen LogP contribution in [0.15, 0.2) is 28.6 Å². The lowest BCUT2D eigenvalue weighted by Crippen LogP contribution is -2.28. The molecule has 1 heterocycles. The van der Waals surface area contributed by atoms with E-state index in [1.807, 2.05) is 19.1 Å². The van der Waals surface area contributed by atoms with Gasteiger partial charge in [-0.15, -0.1) is 10.2 Å². The standard InChI is InChI=1S/C14H14ClF3N4OS2/c1-8(9-2-4-10(15)5-3-9)20-11(23)6-24-13-22-21-12(25-13)19-7-14(16,17)18/h2-5,8H,6-7H2,1H3,(H,19,21)(H,20,23). The number of carbonyl (C=O) groups excluding carboxylic acids is 1. The maximum absolute atomic E-state index is 12.1. The fourth-order valence-electron chi connectivity index (χ4n) is 1.76. The Labute approximate surface area is 155 Å². The summed E-state index contributed by atoms with van der Waals surface area (Å²) >= 11 is 7.90. The van der Waals surface area contributed by atoms with Gasteiger partial charge in [0.2, 0.25) is 11.0 Å². The monoisotopic (exact) mass is 410 g/mol. The molecule has 0 spiro atoms. The topological polar surface area (TPSA) is 66.9 Å². The first-order valence-corrected chi connectivity index (χ1v) is 9.23. The molecule has 0 saturated carbocycles. The maximum atomic E-state index is 12.1. The first-order valence-electron chi connectivity index (χ1n) is 7.05. The highest BCUT2D eigenvalue weighted by atomic mass is 35.5. The summed E-state index contributed by atoms with van der Waals surface area (Å²) in [6.45, 7) is 0.668. The SMILES string of the molecule is CC(NC(=O)CSc1nnc(NCC(F)(F)F)s1)c1ccc(Cl)cc1. The Bertz CT molecular complexity index is 709. The predicted molar refractivity (Wildman–Crippen MR) is 93.2 cm³/mol. The van der Waals surface area contributed by atoms with Crippen LogP contribution in [0, 0.1) is 0 Å². The summed E-state index contributed by atoms with van der Waals surface area (Å²) in [5, 5.41) is 13.0. The van der Waals surface area contributed by atoms with Gasteiger partial charge in [-0.05, 0) is 24.6 Å². The second kappa shape index (κ2) is 8.72. The molecule has 0 bridgehead atoms. The lowest BCUT2D eigenvalue weighted by molar-refractivity contribution is -0.119. The molecule has 0 aliphatic heterocycles. The van der Waals surface area contributed by atoms with Crippen LogP contribution in [-0.4, -0.2) is 34.6 Å². The molecule has 2 rings (SSSR count). The summed E-state index contributed by atoms with van der Waals surface area (Å²) in [5.41, 5.74) is 0.914. The molecule has 0 fully saturated rings. The fraction of sp³-hybridized carbons (Fsp3) is 0.357. The minimum Gasteiger partial charge on any atom is -0.351 e. The van der Waals surface area contributed by atoms with E-state index < -0.39 is 12.7 Å². The number of halogens is 4. The number of hydrogen-bond donors (Lipinski definition) is 2. The molecular weight excluding hydrogens is 397 g/mol. The van der Waals surface area contributed by atoms with Crippen molar-refractivity contribution in [2.24, 2.45) is 0 Å². The third-order valence-electron chi connectivity index (χ3n) is 2.92. The van der Waals surface area contributed by atoms with E-state index in [4.69, 9.17) is 11.6 Å². The molecule has 25 heavy (non-hydrogen) atoms. The van der Waals surface area contributed by atoms with E-state index in [0.717, 1.165) is 28.7 Å². The summed E-state index contributed by atoms with van der Waals surface area (Å²) in [4.78, 5) is 12.0. The third-order valence-corrected chi connectivity index (χ3v) is 5.19. The lowest BCUT2D eigenvalue weighted by Gasteiger charge is -2.14. The highest BCUT2D eigenvalue weighted by Crippen LogP contribution is 2.26. The van der Waals surface area contributed by atoms with Gasteiger partial charge in [-0.3, -0.25) is 4.79 Å². The number of anilines is 1. The zero-order valence-electron chi connectivity index (χ0n) is 12.9. The van der Waals surface area contributed by atoms with Crippen LogP contribution < -0.4 is 10.6 Å². The van der Waals surface area contributed by atoms with Crippen molar-refractivity contribution in [1.82, 2.24) is 15.5 Å². The van der Waals surface area contributed by atoms with Gasteiger partial charge in [-0.2, -0.15) is 13.2 Å². The van der Waals surface area contributed by atoms with E-state index in [1.165, 1.54) is 0 Å². The number of nitrogens with one attached hydrogen (secondary N) is 2. The quantitative estimate of drug-likeness (QED) is 0.672. The molecule has 1 amide bonds. The summed E-state index contributed by atoms with van der Waals surface area (Å²) < 4.78 is 36.8. The predicted octanol–water partition coefficient (Wildman–Crippen LogP) is 4.14. The Kier molecular flexibility index (Phi) is 6.91. The molecule has 0 saturated heterocycles. The van der Waals surface area contributed by atoms with Gasteiger partial charge in [-0.1, -0.05) is 46.8 Å². The van der Waals surface area contributed by atoms with Gasteiger partial charge >= 0.3 is 6.18 Å². The Hall–Kier alpha value is -1.52. The average Bonchev–Trinajstić information content (AvgIpc) is 2.99. The van der Waals surface area contributed by atoms with Crippen molar-refractivity contribution < 1.29 is 18.0 Å². The van der Waals surface area contributed by atoms with E-state index in [-0.39, 0.29) is 22.8 Å². The zero-order chi connectivity index (χ0) is 18.4. The van der Waals surface area contributed by atoms with Gasteiger partial charge in [0.05, 0.1) is 11.8 Å². The maximum Gasteiger partial charge on any atom is 0.405 e. The highest BCUT2D eigenvalue weighted by molar-refractivity contribution is 8.01. The Balaban J connectivity index is 1.78. The van der Waals surface area contributed by atoms with Crippen LogP contribution in [0.1, 0.15) is 18.5 Å². The molecule has 2 N–H and O–H groups in total. The lowest BCUT2D eigenvalue weighted by atomic mass is 10.1. The molecule has 1 aromatic heterocycles. The van der Waals surface area contributed by atoms with Crippen molar-refractivity contribution in [2.45, 2.75) is 23.5 Å². The largest absolute Gasteiger partial charge is 0.405 e. The van der Waals surface area contributed by atoms with Crippen LogP contribution in [-0.2, 0) is 4.79 Å². The summed E-state index contributed by atoms with van der Waals surface area (Å²) in [5.74, 6) is -0.126. The smallest absolute Gasteiger partial charge is 0.351 e. The summed E-state index contributed by atoms with van der Waals surface area (Å²) in [6.07, 6.45) is -4.32. The summed E-state index contributed by atoms with van der Waals surface area (Å²) in [6, 6.07) is 6.94. The number of alkyl halides is 3. The minimum absolute atomic E-state index is 0.0646. The van der Waals surface area contributed by atoms with Gasteiger partial charge in [0.15, 0.2) is 4.34 Å². The number of amides is 1. The van der Waals surface area contributed by atoms with Gasteiger partial charge in [0.1, 0.15) is 6.54 Å². The molecule has 136 valence electrons. The molecule has 1 aromatic carbocycles. The number of carbonyl (C=O) groups is 1. The van der Waals surface area contributed by atoms with Crippen LogP contribution in [0.2, 0.25) is 5.02 Å². The van der Waals surface area contributed by atoms with Crippen molar-refractivity contribution in [2.75, 3.05) is 17.6 Å². The number of aromatic nitrogens is 2. The molecule has 0 aliphatic carbocycles. The van der Waals surface area contributed by atoms with Crippen LogP contribution in [0.3, 0.4) is 0 Å². The molecule has 0 aliphatic rings. The van der Waals surface area contributed by atoms with E-state index in [9.17, 15) is 18.0 Å². The molecule has 0 radical (unpaired) electrons. The molecule has 11 heteroatoms. The van der Waals surface area contributed by atoms with Crippen molar-refractivity contribution >= 4 is 45.7 Å². The van der Waals surface area contributed by atoms with Gasteiger partial charge < -0.3 is 10.6 Å². The number of hydrogen-bond acceptors (Lipinski definition) is 6.